The number of nitrogens with one attached hydrogen (secondary N) is 3. The number of alkyl halides is 3. The average Bonchev–Trinajstić information content (AvgIpc) is 3.06. The molecule has 0 aliphatic carbocycles. The molecule has 1 saturated heterocycles. The Morgan fingerprint density at radius 2 is 1.75 bits per heavy atom. The third-order valence-electron chi connectivity index (χ3n) is 4.81. The van der Waals surface area contributed by atoms with Gasteiger partial charge in [0.15, 0.2) is 0 Å². The molecule has 0 unspecified atom stereocenters. The zero-order chi connectivity index (χ0) is 23.5. The molecule has 1 fully saturated rings. The van der Waals surface area contributed by atoms with E-state index in [9.17, 15) is 31.5 Å². The summed E-state index contributed by atoms with van der Waals surface area (Å²) < 4.78 is 74.0. The Hall–Kier alpha value is -3.57. The van der Waals surface area contributed by atoms with Gasteiger partial charge in [-0.05, 0) is 24.3 Å². The van der Waals surface area contributed by atoms with Crippen molar-refractivity contribution in [3.8, 4) is 11.5 Å². The topological polar surface area (TPSA) is 88.7 Å². The second-order valence-corrected chi connectivity index (χ2v) is 6.87. The third-order valence-corrected chi connectivity index (χ3v) is 4.81. The molecular weight excluding hydrogens is 441 g/mol. The van der Waals surface area contributed by atoms with Crippen molar-refractivity contribution in [2.75, 3.05) is 25.5 Å². The van der Waals surface area contributed by atoms with E-state index in [0.717, 1.165) is 24.3 Å². The first-order valence-electron chi connectivity index (χ1n) is 9.28. The van der Waals surface area contributed by atoms with Gasteiger partial charge in [0, 0.05) is 42.4 Å². The van der Waals surface area contributed by atoms with Gasteiger partial charge in [-0.15, -0.1) is 13.2 Å². The number of urea groups is 1. The Morgan fingerprint density at radius 1 is 1.12 bits per heavy atom. The number of carbonyl (C=O) groups is 2. The molecule has 0 bridgehead atoms. The fraction of sp³-hybridized carbons (Fsp3) is 0.300. The second kappa shape index (κ2) is 9.28. The maximum absolute atomic E-state index is 14.4. The van der Waals surface area contributed by atoms with E-state index in [1.54, 1.807) is 0 Å². The third kappa shape index (κ3) is 5.56. The van der Waals surface area contributed by atoms with Crippen molar-refractivity contribution < 1.29 is 41.0 Å². The molecule has 2 aromatic carbocycles. The van der Waals surface area contributed by atoms with Gasteiger partial charge in [-0.3, -0.25) is 4.79 Å². The average molecular weight is 459 g/mol. The highest BCUT2D eigenvalue weighted by atomic mass is 19.4. The van der Waals surface area contributed by atoms with E-state index in [1.807, 2.05) is 0 Å². The lowest BCUT2D eigenvalue weighted by Gasteiger charge is -2.19. The predicted octanol–water partition coefficient (Wildman–Crippen LogP) is 3.52. The minimum atomic E-state index is -4.84. The minimum absolute atomic E-state index is 0.0123. The van der Waals surface area contributed by atoms with Crippen LogP contribution in [-0.4, -0.2) is 38.5 Å². The summed E-state index contributed by atoms with van der Waals surface area (Å²) in [5, 5.41) is 7.32. The van der Waals surface area contributed by atoms with Crippen LogP contribution in [0.2, 0.25) is 0 Å². The standard InChI is InChI=1S/C20H18F5N3O4/c1-31-12-6-15(21)17(16(22)7-12)13-8-26-18(29)14(13)9-27-19(30)28-10-2-4-11(5-3-10)32-20(23,24)25/h2-7,13-14H,8-9H2,1H3,(H,26,29)(H2,27,28,30)/t13-,14+/m1/s1. The summed E-state index contributed by atoms with van der Waals surface area (Å²) in [6.45, 7) is -0.254. The van der Waals surface area contributed by atoms with Crippen LogP contribution < -0.4 is 25.4 Å². The van der Waals surface area contributed by atoms with Gasteiger partial charge in [-0.25, -0.2) is 13.6 Å². The van der Waals surface area contributed by atoms with Gasteiger partial charge < -0.3 is 25.4 Å². The zero-order valence-corrected chi connectivity index (χ0v) is 16.6. The molecular formula is C20H18F5N3O4. The van der Waals surface area contributed by atoms with E-state index in [1.165, 1.54) is 19.2 Å². The first kappa shape index (κ1) is 23.1. The van der Waals surface area contributed by atoms with Crippen molar-refractivity contribution in [2.24, 2.45) is 5.92 Å². The van der Waals surface area contributed by atoms with Crippen molar-refractivity contribution in [3.63, 3.8) is 0 Å². The van der Waals surface area contributed by atoms with Crippen LogP contribution in [0.25, 0.3) is 0 Å². The maximum Gasteiger partial charge on any atom is 0.573 e. The van der Waals surface area contributed by atoms with Crippen LogP contribution >= 0.6 is 0 Å². The number of benzene rings is 2. The number of amides is 3. The van der Waals surface area contributed by atoms with Crippen LogP contribution in [0, 0.1) is 17.6 Å². The number of rotatable bonds is 6. The van der Waals surface area contributed by atoms with E-state index in [4.69, 9.17) is 4.74 Å². The molecule has 0 saturated carbocycles. The number of methoxy groups -OCH3 is 1. The van der Waals surface area contributed by atoms with Gasteiger partial charge in [0.2, 0.25) is 5.91 Å². The van der Waals surface area contributed by atoms with Crippen molar-refractivity contribution in [2.45, 2.75) is 12.3 Å². The predicted molar refractivity (Wildman–Crippen MR) is 102 cm³/mol. The molecule has 1 aliphatic rings. The molecule has 3 N–H and O–H groups in total. The summed E-state index contributed by atoms with van der Waals surface area (Å²) in [5.41, 5.74) is -0.131. The van der Waals surface area contributed by atoms with Crippen LogP contribution in [0.15, 0.2) is 36.4 Å². The van der Waals surface area contributed by atoms with Gasteiger partial charge in [0.1, 0.15) is 23.1 Å². The molecule has 1 heterocycles. The largest absolute Gasteiger partial charge is 0.573 e. The minimum Gasteiger partial charge on any atom is -0.497 e. The molecule has 172 valence electrons. The molecule has 3 rings (SSSR count). The van der Waals surface area contributed by atoms with Crippen LogP contribution in [-0.2, 0) is 4.79 Å². The van der Waals surface area contributed by atoms with Gasteiger partial charge in [0.05, 0.1) is 13.0 Å². The molecule has 0 aromatic heterocycles. The van der Waals surface area contributed by atoms with Crippen molar-refractivity contribution in [1.82, 2.24) is 10.6 Å². The zero-order valence-electron chi connectivity index (χ0n) is 16.6. The molecule has 2 aromatic rings. The van der Waals surface area contributed by atoms with E-state index >= 15 is 0 Å². The van der Waals surface area contributed by atoms with Gasteiger partial charge >= 0.3 is 12.4 Å². The highest BCUT2D eigenvalue weighted by molar-refractivity contribution is 5.90. The molecule has 32 heavy (non-hydrogen) atoms. The molecule has 2 atom stereocenters. The second-order valence-electron chi connectivity index (χ2n) is 6.87. The Kier molecular flexibility index (Phi) is 6.70. The summed E-state index contributed by atoms with van der Waals surface area (Å²) in [4.78, 5) is 24.3. The first-order valence-corrected chi connectivity index (χ1v) is 9.28. The van der Waals surface area contributed by atoms with Gasteiger partial charge in [-0.2, -0.15) is 0 Å². The number of hydrogen-bond acceptors (Lipinski definition) is 4. The quantitative estimate of drug-likeness (QED) is 0.577. The highest BCUT2D eigenvalue weighted by Gasteiger charge is 2.39. The fourth-order valence-corrected chi connectivity index (χ4v) is 3.36. The number of halogens is 5. The highest BCUT2D eigenvalue weighted by Crippen LogP contribution is 2.34. The lowest BCUT2D eigenvalue weighted by Crippen LogP contribution is -2.37. The molecule has 0 spiro atoms. The number of ether oxygens (including phenoxy) is 2. The van der Waals surface area contributed by atoms with E-state index in [0.29, 0.717) is 0 Å². The Balaban J connectivity index is 1.63. The lowest BCUT2D eigenvalue weighted by atomic mass is 9.87. The lowest BCUT2D eigenvalue weighted by molar-refractivity contribution is -0.274. The Morgan fingerprint density at radius 3 is 2.31 bits per heavy atom. The molecule has 3 amide bonds. The van der Waals surface area contributed by atoms with Crippen LogP contribution in [0.4, 0.5) is 32.4 Å². The van der Waals surface area contributed by atoms with Crippen molar-refractivity contribution >= 4 is 17.6 Å². The maximum atomic E-state index is 14.4. The number of carbonyl (C=O) groups excluding carboxylic acids is 2. The Labute approximate surface area is 178 Å². The SMILES string of the molecule is COc1cc(F)c([C@@H]2CNC(=O)[C@H]2CNC(=O)Nc2ccc(OC(F)(F)F)cc2)c(F)c1. The van der Waals surface area contributed by atoms with E-state index in [2.05, 4.69) is 20.7 Å². The van der Waals surface area contributed by atoms with E-state index < -0.39 is 47.5 Å². The molecule has 7 nitrogen and oxygen atoms in total. The normalized spacial score (nSPS) is 18.1. The summed E-state index contributed by atoms with van der Waals surface area (Å²) in [6, 6.07) is 5.65. The monoisotopic (exact) mass is 459 g/mol. The smallest absolute Gasteiger partial charge is 0.497 e. The van der Waals surface area contributed by atoms with E-state index in [-0.39, 0.29) is 30.1 Å². The summed E-state index contributed by atoms with van der Waals surface area (Å²) in [7, 11) is 1.26. The van der Waals surface area contributed by atoms with Crippen molar-refractivity contribution in [3.05, 3.63) is 53.6 Å². The van der Waals surface area contributed by atoms with Crippen LogP contribution in [0.5, 0.6) is 11.5 Å². The molecule has 12 heteroatoms. The van der Waals surface area contributed by atoms with Crippen molar-refractivity contribution in [1.29, 1.82) is 0 Å². The van der Waals surface area contributed by atoms with Crippen LogP contribution in [0.3, 0.4) is 0 Å². The molecule has 0 radical (unpaired) electrons. The summed E-state index contributed by atoms with van der Waals surface area (Å²) >= 11 is 0. The summed E-state index contributed by atoms with van der Waals surface area (Å²) in [6.07, 6.45) is -4.84. The van der Waals surface area contributed by atoms with Gasteiger partial charge in [-0.1, -0.05) is 0 Å². The Bertz CT molecular complexity index is 975. The number of hydrogen-bond donors (Lipinski definition) is 3. The van der Waals surface area contributed by atoms with Gasteiger partial charge in [0.25, 0.3) is 0 Å². The molecule has 1 aliphatic heterocycles. The first-order chi connectivity index (χ1) is 15.1. The van der Waals surface area contributed by atoms with Crippen LogP contribution in [0.1, 0.15) is 11.5 Å². The summed E-state index contributed by atoms with van der Waals surface area (Å²) in [5.74, 6) is -4.52. The fourth-order valence-electron chi connectivity index (χ4n) is 3.36. The number of anilines is 1.